The molecule has 3 aromatic rings. The van der Waals surface area contributed by atoms with Gasteiger partial charge in [0.15, 0.2) is 9.79 Å². The number of aryl methyl sites for hydroxylation is 1. The molecule has 0 heterocycles. The van der Waals surface area contributed by atoms with E-state index in [1.165, 1.54) is 0 Å². The highest BCUT2D eigenvalue weighted by molar-refractivity contribution is 7.97. The zero-order valence-electron chi connectivity index (χ0n) is 15.1. The van der Waals surface area contributed by atoms with E-state index >= 15 is 0 Å². The first-order valence-electron chi connectivity index (χ1n) is 8.57. The van der Waals surface area contributed by atoms with Gasteiger partial charge in [0, 0.05) is 6.42 Å². The van der Waals surface area contributed by atoms with Crippen molar-refractivity contribution in [1.29, 1.82) is 0 Å². The van der Waals surface area contributed by atoms with Gasteiger partial charge < -0.3 is 4.74 Å². The van der Waals surface area contributed by atoms with E-state index in [0.717, 1.165) is 21.1 Å². The van der Waals surface area contributed by atoms with Crippen molar-refractivity contribution < 1.29 is 7.48 Å². The zero-order chi connectivity index (χ0) is 17.7. The topological polar surface area (TPSA) is 9.23 Å². The summed E-state index contributed by atoms with van der Waals surface area (Å²) in [5, 5.41) is 0. The molecule has 0 bridgehead atoms. The van der Waals surface area contributed by atoms with Gasteiger partial charge in [-0.15, -0.1) is 0 Å². The molecule has 0 amide bonds. The summed E-state index contributed by atoms with van der Waals surface area (Å²) >= 11 is 0. The van der Waals surface area contributed by atoms with Crippen LogP contribution in [0.1, 0.15) is 8.30 Å². The summed E-state index contributed by atoms with van der Waals surface area (Å²) in [4.78, 5) is 2.04. The quantitative estimate of drug-likeness (QED) is 0.582. The van der Waals surface area contributed by atoms with Gasteiger partial charge in [0.05, 0.1) is 20.7 Å². The van der Waals surface area contributed by atoms with Crippen molar-refractivity contribution in [2.24, 2.45) is 0 Å². The molecule has 0 spiro atoms. The lowest BCUT2D eigenvalue weighted by Gasteiger charge is -2.09. The van der Waals surface area contributed by atoms with Crippen molar-refractivity contribution >= 4 is 10.9 Å². The van der Waals surface area contributed by atoms with Gasteiger partial charge >= 0.3 is 0 Å². The molecule has 3 aromatic carbocycles. The Kier molecular flexibility index (Phi) is 4.55. The van der Waals surface area contributed by atoms with Crippen molar-refractivity contribution in [3.63, 3.8) is 0 Å². The molecule has 0 aromatic heterocycles. The molecular weight excluding hydrogens is 300 g/mol. The van der Waals surface area contributed by atoms with E-state index in [-0.39, 0.29) is 0 Å². The third-order valence-electron chi connectivity index (χ3n) is 3.54. The Morgan fingerprint density at radius 1 is 0.783 bits per heavy atom. The third kappa shape index (κ3) is 4.17. The van der Waals surface area contributed by atoms with Crippen molar-refractivity contribution in [3.05, 3.63) is 90.5 Å². The number of methoxy groups -OCH3 is 1. The van der Waals surface area contributed by atoms with Gasteiger partial charge in [0.25, 0.3) is 0 Å². The minimum absolute atomic E-state index is 0.351. The van der Waals surface area contributed by atoms with Gasteiger partial charge in [0.2, 0.25) is 0 Å². The summed E-state index contributed by atoms with van der Waals surface area (Å²) in [6.45, 7) is 0. The van der Waals surface area contributed by atoms with Crippen LogP contribution in [0.2, 0.25) is 0 Å². The Morgan fingerprint density at radius 3 is 1.78 bits per heavy atom. The monoisotopic (exact) mass is 323 g/mol. The fourth-order valence-corrected chi connectivity index (χ4v) is 4.09. The Hall–Kier alpha value is -2.19. The highest BCUT2D eigenvalue weighted by Crippen LogP contribution is 2.24. The summed E-state index contributed by atoms with van der Waals surface area (Å²) in [5.74, 6) is 0.787. The Morgan fingerprint density at radius 2 is 1.30 bits per heavy atom. The van der Waals surface area contributed by atoms with Gasteiger partial charge in [-0.1, -0.05) is 48.5 Å². The number of hydrogen-bond donors (Lipinski definition) is 0. The molecule has 0 radical (unpaired) electrons. The van der Waals surface area contributed by atoms with Crippen LogP contribution in [0.15, 0.2) is 94.7 Å². The van der Waals surface area contributed by atoms with Crippen molar-refractivity contribution in [2.75, 3.05) is 12.8 Å². The fourth-order valence-electron chi connectivity index (χ4n) is 2.31. The molecule has 0 unspecified atom stereocenters. The van der Waals surface area contributed by atoms with Gasteiger partial charge in [-0.2, -0.15) is 0 Å². The largest absolute Gasteiger partial charge is 0.497 e. The average molecular weight is 323 g/mol. The van der Waals surface area contributed by atoms with E-state index in [2.05, 4.69) is 0 Å². The van der Waals surface area contributed by atoms with E-state index in [0.29, 0.717) is 6.42 Å². The van der Waals surface area contributed by atoms with Crippen molar-refractivity contribution in [3.8, 4) is 5.75 Å². The molecule has 0 aliphatic heterocycles. The van der Waals surface area contributed by atoms with Crippen LogP contribution in [0.25, 0.3) is 0 Å². The number of ether oxygens (including phenoxy) is 1. The van der Waals surface area contributed by atoms with Gasteiger partial charge in [-0.25, -0.2) is 0 Å². The minimum Gasteiger partial charge on any atom is -0.497 e. The standard InChI is InChI=1S/C21H21OS/c1-22-19-14-12-18(13-15-19)16-17-23(20-8-4-2-5-9-20)21-10-6-3-7-11-21/h2-15H,16-17H2,1H3/q+1/i17D2. The second-order valence-corrected chi connectivity index (χ2v) is 6.95. The normalized spacial score (nSPS) is 12.6. The number of hydrogen-bond acceptors (Lipinski definition) is 1. The SMILES string of the molecule is [2H]C([2H])(Cc1ccc(OC)cc1)[S+](c1ccccc1)c1ccccc1. The first-order chi connectivity index (χ1) is 12.1. The van der Waals surface area contributed by atoms with E-state index < -0.39 is 16.6 Å². The predicted molar refractivity (Wildman–Crippen MR) is 98.3 cm³/mol. The Bertz CT molecular complexity index is 750. The second-order valence-electron chi connectivity index (χ2n) is 5.10. The maximum Gasteiger partial charge on any atom is 0.160 e. The summed E-state index contributed by atoms with van der Waals surface area (Å²) in [6, 6.07) is 27.5. The molecule has 0 aliphatic rings. The highest BCUT2D eigenvalue weighted by atomic mass is 32.2. The molecule has 0 fully saturated rings. The summed E-state index contributed by atoms with van der Waals surface area (Å²) in [5.41, 5.74) is -0.424. The van der Waals surface area contributed by atoms with Crippen LogP contribution in [0.5, 0.6) is 5.75 Å². The lowest BCUT2D eigenvalue weighted by Crippen LogP contribution is -2.11. The lowest BCUT2D eigenvalue weighted by atomic mass is 10.2. The first kappa shape index (κ1) is 13.3. The van der Waals surface area contributed by atoms with Crippen LogP contribution in [0.4, 0.5) is 0 Å². The van der Waals surface area contributed by atoms with Gasteiger partial charge in [0.1, 0.15) is 11.5 Å². The van der Waals surface area contributed by atoms with Crippen molar-refractivity contribution in [1.82, 2.24) is 0 Å². The van der Waals surface area contributed by atoms with Crippen molar-refractivity contribution in [2.45, 2.75) is 16.2 Å². The smallest absolute Gasteiger partial charge is 0.160 e. The molecule has 1 nitrogen and oxygen atoms in total. The second kappa shape index (κ2) is 7.89. The first-order valence-corrected chi connectivity index (χ1v) is 8.80. The lowest BCUT2D eigenvalue weighted by molar-refractivity contribution is 0.414. The Labute approximate surface area is 144 Å². The molecule has 0 aliphatic carbocycles. The highest BCUT2D eigenvalue weighted by Gasteiger charge is 2.24. The van der Waals surface area contributed by atoms with E-state index in [4.69, 9.17) is 7.48 Å². The van der Waals surface area contributed by atoms with Crippen LogP contribution >= 0.6 is 0 Å². The summed E-state index contributed by atoms with van der Waals surface area (Å²) in [7, 11) is 0.968. The van der Waals surface area contributed by atoms with Crippen LogP contribution in [0, 0.1) is 0 Å². The Balaban J connectivity index is 1.96. The number of rotatable bonds is 6. The zero-order valence-corrected chi connectivity index (χ0v) is 13.9. The molecule has 0 saturated carbocycles. The van der Waals surface area contributed by atoms with E-state index in [9.17, 15) is 0 Å². The maximum atomic E-state index is 8.84. The minimum atomic E-state index is -1.39. The van der Waals surface area contributed by atoms with Crippen LogP contribution in [-0.2, 0) is 17.3 Å². The molecule has 2 heteroatoms. The number of benzene rings is 3. The third-order valence-corrected chi connectivity index (χ3v) is 5.46. The molecule has 0 N–H and O–H groups in total. The molecule has 3 rings (SSSR count). The van der Waals surface area contributed by atoms with Gasteiger partial charge in [-0.3, -0.25) is 0 Å². The van der Waals surface area contributed by atoms with Crippen LogP contribution in [-0.4, -0.2) is 12.8 Å². The van der Waals surface area contributed by atoms with E-state index in [1.54, 1.807) is 7.11 Å². The summed E-state index contributed by atoms with van der Waals surface area (Å²) < 4.78 is 22.9. The molecule has 0 atom stereocenters. The average Bonchev–Trinajstić information content (AvgIpc) is 2.64. The predicted octanol–water partition coefficient (Wildman–Crippen LogP) is 4.97. The molecule has 23 heavy (non-hydrogen) atoms. The van der Waals surface area contributed by atoms with Crippen LogP contribution in [0.3, 0.4) is 0 Å². The van der Waals surface area contributed by atoms with Crippen LogP contribution < -0.4 is 4.74 Å². The van der Waals surface area contributed by atoms with E-state index in [1.807, 2.05) is 84.9 Å². The fraction of sp³-hybridized carbons (Fsp3) is 0.143. The summed E-state index contributed by atoms with van der Waals surface area (Å²) in [6.07, 6.45) is 0.351. The molecule has 0 saturated heterocycles. The maximum absolute atomic E-state index is 8.84. The molecular formula is C21H21OS+. The van der Waals surface area contributed by atoms with Gasteiger partial charge in [-0.05, 0) is 42.0 Å². The molecule has 116 valence electrons.